The lowest BCUT2D eigenvalue weighted by atomic mass is 10.0. The summed E-state index contributed by atoms with van der Waals surface area (Å²) in [5.74, 6) is -0.501. The molecule has 2 rings (SSSR count). The lowest BCUT2D eigenvalue weighted by molar-refractivity contribution is 0.0497. The standard InChI is InChI=1S/C17H22FN3O2/c1-17(2,3)23-16(22)20-13-6-8-21(9-7-13)14-5-4-12(11-19)15(18)10-14/h4-5,10,13H,6-9H2,1-3H3,(H,20,22). The van der Waals surface area contributed by atoms with E-state index in [1.54, 1.807) is 6.07 Å². The van der Waals surface area contributed by atoms with Crippen LogP contribution >= 0.6 is 0 Å². The zero-order valence-corrected chi connectivity index (χ0v) is 13.7. The van der Waals surface area contributed by atoms with Gasteiger partial charge in [0.05, 0.1) is 5.56 Å². The highest BCUT2D eigenvalue weighted by Gasteiger charge is 2.24. The predicted molar refractivity (Wildman–Crippen MR) is 85.7 cm³/mol. The van der Waals surface area contributed by atoms with E-state index in [9.17, 15) is 9.18 Å². The fraction of sp³-hybridized carbons (Fsp3) is 0.529. The topological polar surface area (TPSA) is 65.4 Å². The van der Waals surface area contributed by atoms with E-state index < -0.39 is 17.5 Å². The molecule has 0 saturated carbocycles. The molecule has 1 heterocycles. The molecule has 6 heteroatoms. The van der Waals surface area contributed by atoms with Crippen LogP contribution in [0.25, 0.3) is 0 Å². The third kappa shape index (κ3) is 4.85. The van der Waals surface area contributed by atoms with Gasteiger partial charge in [-0.2, -0.15) is 5.26 Å². The van der Waals surface area contributed by atoms with Crippen molar-refractivity contribution in [3.8, 4) is 6.07 Å². The number of hydrogen-bond donors (Lipinski definition) is 1. The molecule has 1 aliphatic heterocycles. The Kier molecular flexibility index (Phi) is 5.09. The van der Waals surface area contributed by atoms with E-state index >= 15 is 0 Å². The lowest BCUT2D eigenvalue weighted by Crippen LogP contribution is -2.46. The number of nitrogens with zero attached hydrogens (tertiary/aromatic N) is 2. The summed E-state index contributed by atoms with van der Waals surface area (Å²) < 4.78 is 18.9. The van der Waals surface area contributed by atoms with E-state index in [0.29, 0.717) is 13.1 Å². The first-order valence-electron chi connectivity index (χ1n) is 7.72. The molecule has 0 spiro atoms. The first-order chi connectivity index (χ1) is 10.8. The summed E-state index contributed by atoms with van der Waals surface area (Å²) >= 11 is 0. The summed E-state index contributed by atoms with van der Waals surface area (Å²) in [6.45, 7) is 6.91. The van der Waals surface area contributed by atoms with E-state index in [4.69, 9.17) is 10.00 Å². The van der Waals surface area contributed by atoms with Crippen molar-refractivity contribution in [2.24, 2.45) is 0 Å². The maximum Gasteiger partial charge on any atom is 0.407 e. The Morgan fingerprint density at radius 2 is 2.04 bits per heavy atom. The average molecular weight is 319 g/mol. The average Bonchev–Trinajstić information content (AvgIpc) is 2.46. The van der Waals surface area contributed by atoms with Crippen molar-refractivity contribution in [3.63, 3.8) is 0 Å². The number of piperidine rings is 1. The number of nitriles is 1. The van der Waals surface area contributed by atoms with E-state index in [2.05, 4.69) is 10.2 Å². The predicted octanol–water partition coefficient (Wildman–Crippen LogP) is 3.19. The highest BCUT2D eigenvalue weighted by molar-refractivity contribution is 5.68. The maximum absolute atomic E-state index is 13.7. The van der Waals surface area contributed by atoms with Crippen LogP contribution in [0.4, 0.5) is 14.9 Å². The molecule has 1 aromatic carbocycles. The number of nitrogens with one attached hydrogen (secondary N) is 1. The molecular weight excluding hydrogens is 297 g/mol. The molecule has 0 aliphatic carbocycles. The second-order valence-corrected chi connectivity index (χ2v) is 6.68. The van der Waals surface area contributed by atoms with Crippen LogP contribution in [-0.4, -0.2) is 30.8 Å². The Morgan fingerprint density at radius 3 is 2.57 bits per heavy atom. The van der Waals surface area contributed by atoms with Crippen molar-refractivity contribution in [3.05, 3.63) is 29.6 Å². The lowest BCUT2D eigenvalue weighted by Gasteiger charge is -2.34. The van der Waals surface area contributed by atoms with E-state index in [0.717, 1.165) is 18.5 Å². The number of benzene rings is 1. The summed E-state index contributed by atoms with van der Waals surface area (Å²) in [6, 6.07) is 6.52. The zero-order valence-electron chi connectivity index (χ0n) is 13.7. The van der Waals surface area contributed by atoms with Gasteiger partial charge in [0.2, 0.25) is 0 Å². The highest BCUT2D eigenvalue weighted by atomic mass is 19.1. The molecule has 1 aromatic rings. The SMILES string of the molecule is CC(C)(C)OC(=O)NC1CCN(c2ccc(C#N)c(F)c2)CC1. The van der Waals surface area contributed by atoms with Gasteiger partial charge in [-0.25, -0.2) is 9.18 Å². The number of alkyl carbamates (subject to hydrolysis) is 1. The fourth-order valence-electron chi connectivity index (χ4n) is 2.55. The van der Waals surface area contributed by atoms with Gasteiger partial charge in [0, 0.05) is 24.8 Å². The Labute approximate surface area is 136 Å². The van der Waals surface area contributed by atoms with Crippen LogP contribution in [0.5, 0.6) is 0 Å². The number of hydrogen-bond acceptors (Lipinski definition) is 4. The molecule has 1 aliphatic rings. The summed E-state index contributed by atoms with van der Waals surface area (Å²) in [7, 11) is 0. The zero-order chi connectivity index (χ0) is 17.0. The monoisotopic (exact) mass is 319 g/mol. The largest absolute Gasteiger partial charge is 0.444 e. The second-order valence-electron chi connectivity index (χ2n) is 6.68. The number of carbonyl (C=O) groups is 1. The van der Waals surface area contributed by atoms with Crippen molar-refractivity contribution in [2.45, 2.75) is 45.3 Å². The van der Waals surface area contributed by atoms with Gasteiger partial charge in [0.25, 0.3) is 0 Å². The van der Waals surface area contributed by atoms with Gasteiger partial charge >= 0.3 is 6.09 Å². The van der Waals surface area contributed by atoms with Gasteiger partial charge in [-0.1, -0.05) is 0 Å². The third-order valence-electron chi connectivity index (χ3n) is 3.65. The Balaban J connectivity index is 1.88. The normalized spacial score (nSPS) is 15.9. The number of anilines is 1. The van der Waals surface area contributed by atoms with E-state index in [1.807, 2.05) is 26.8 Å². The van der Waals surface area contributed by atoms with Gasteiger partial charge in [-0.15, -0.1) is 0 Å². The minimum Gasteiger partial charge on any atom is -0.444 e. The summed E-state index contributed by atoms with van der Waals surface area (Å²) in [5.41, 5.74) is 0.303. The molecule has 1 N–H and O–H groups in total. The van der Waals surface area contributed by atoms with E-state index in [1.165, 1.54) is 12.1 Å². The van der Waals surface area contributed by atoms with Crippen LogP contribution in [0.3, 0.4) is 0 Å². The van der Waals surface area contributed by atoms with Crippen molar-refractivity contribution in [1.29, 1.82) is 5.26 Å². The molecule has 5 nitrogen and oxygen atoms in total. The molecule has 124 valence electrons. The van der Waals surface area contributed by atoms with Crippen molar-refractivity contribution >= 4 is 11.8 Å². The van der Waals surface area contributed by atoms with Crippen LogP contribution in [0.2, 0.25) is 0 Å². The quantitative estimate of drug-likeness (QED) is 0.909. The van der Waals surface area contributed by atoms with Crippen LogP contribution in [0, 0.1) is 17.1 Å². The number of amides is 1. The van der Waals surface area contributed by atoms with Crippen molar-refractivity contribution in [2.75, 3.05) is 18.0 Å². The van der Waals surface area contributed by atoms with Crippen LogP contribution < -0.4 is 10.2 Å². The van der Waals surface area contributed by atoms with Gasteiger partial charge in [0.15, 0.2) is 0 Å². The summed E-state index contributed by atoms with van der Waals surface area (Å²) in [4.78, 5) is 13.8. The van der Waals surface area contributed by atoms with Gasteiger partial charge in [0.1, 0.15) is 17.5 Å². The first-order valence-corrected chi connectivity index (χ1v) is 7.72. The van der Waals surface area contributed by atoms with Crippen molar-refractivity contribution < 1.29 is 13.9 Å². The van der Waals surface area contributed by atoms with Gasteiger partial charge < -0.3 is 15.0 Å². The smallest absolute Gasteiger partial charge is 0.407 e. The van der Waals surface area contributed by atoms with Gasteiger partial charge in [-0.05, 0) is 51.8 Å². The fourth-order valence-corrected chi connectivity index (χ4v) is 2.55. The molecular formula is C17H22FN3O2. The summed E-state index contributed by atoms with van der Waals surface area (Å²) in [6.07, 6.45) is 1.13. The third-order valence-corrected chi connectivity index (χ3v) is 3.65. The molecule has 0 bridgehead atoms. The minimum absolute atomic E-state index is 0.0511. The molecule has 1 fully saturated rings. The molecule has 0 atom stereocenters. The number of carbonyl (C=O) groups excluding carboxylic acids is 1. The maximum atomic E-state index is 13.7. The molecule has 1 saturated heterocycles. The summed E-state index contributed by atoms with van der Waals surface area (Å²) in [5, 5.41) is 11.6. The number of ether oxygens (including phenoxy) is 1. The molecule has 1 amide bonds. The molecule has 0 unspecified atom stereocenters. The molecule has 0 radical (unpaired) electrons. The Hall–Kier alpha value is -2.29. The second kappa shape index (κ2) is 6.86. The van der Waals surface area contributed by atoms with E-state index in [-0.39, 0.29) is 11.6 Å². The number of rotatable bonds is 2. The Morgan fingerprint density at radius 1 is 1.39 bits per heavy atom. The van der Waals surface area contributed by atoms with Gasteiger partial charge in [-0.3, -0.25) is 0 Å². The Bertz CT molecular complexity index is 611. The molecule has 23 heavy (non-hydrogen) atoms. The van der Waals surface area contributed by atoms with Crippen molar-refractivity contribution in [1.82, 2.24) is 5.32 Å². The van der Waals surface area contributed by atoms with Crippen LogP contribution in [0.1, 0.15) is 39.2 Å². The number of halogens is 1. The highest BCUT2D eigenvalue weighted by Crippen LogP contribution is 2.22. The minimum atomic E-state index is -0.509. The van der Waals surface area contributed by atoms with Crippen LogP contribution in [-0.2, 0) is 4.74 Å². The molecule has 0 aromatic heterocycles. The first kappa shape index (κ1) is 17.1. The van der Waals surface area contributed by atoms with Crippen LogP contribution in [0.15, 0.2) is 18.2 Å².